The molecule has 0 radical (unpaired) electrons. The van der Waals surface area contributed by atoms with E-state index in [4.69, 9.17) is 23.2 Å². The number of nitrogens with one attached hydrogen (secondary N) is 1. The number of anilines is 1. The zero-order valence-corrected chi connectivity index (χ0v) is 17.6. The maximum Gasteiger partial charge on any atom is 0.206 e. The van der Waals surface area contributed by atoms with Crippen LogP contribution in [0.5, 0.6) is 5.75 Å². The Morgan fingerprint density at radius 2 is 1.69 bits per heavy atom. The van der Waals surface area contributed by atoms with E-state index in [-0.39, 0.29) is 38.5 Å². The number of rotatable bonds is 6. The van der Waals surface area contributed by atoms with Gasteiger partial charge in [0.05, 0.1) is 20.4 Å². The zero-order valence-electron chi connectivity index (χ0n) is 15.3. The summed E-state index contributed by atoms with van der Waals surface area (Å²) in [5.41, 5.74) is 1.11. The summed E-state index contributed by atoms with van der Waals surface area (Å²) in [7, 11) is -3.75. The molecule has 8 heteroatoms. The van der Waals surface area contributed by atoms with Gasteiger partial charge in [-0.1, -0.05) is 41.4 Å². The minimum atomic E-state index is -3.75. The molecule has 0 aliphatic rings. The van der Waals surface area contributed by atoms with Gasteiger partial charge in [-0.25, -0.2) is 8.42 Å². The van der Waals surface area contributed by atoms with Gasteiger partial charge in [-0.2, -0.15) is 0 Å². The minimum Gasteiger partial charge on any atom is -0.506 e. The molecule has 0 aromatic heterocycles. The molecular formula is C21H17Cl2NO4S. The van der Waals surface area contributed by atoms with Crippen molar-refractivity contribution in [1.82, 2.24) is 0 Å². The van der Waals surface area contributed by atoms with Crippen molar-refractivity contribution in [3.63, 3.8) is 0 Å². The fraction of sp³-hybridized carbons (Fsp3) is 0.0952. The van der Waals surface area contributed by atoms with Crippen LogP contribution in [0.4, 0.5) is 5.69 Å². The van der Waals surface area contributed by atoms with Crippen LogP contribution in [0.1, 0.15) is 22.8 Å². The molecule has 0 aliphatic carbocycles. The highest BCUT2D eigenvalue weighted by atomic mass is 35.5. The molecule has 150 valence electrons. The Kier molecular flexibility index (Phi) is 6.17. The minimum absolute atomic E-state index is 0.0299. The summed E-state index contributed by atoms with van der Waals surface area (Å²) in [5.74, 6) is -0.616. The van der Waals surface area contributed by atoms with Crippen LogP contribution in [0.2, 0.25) is 10.0 Å². The molecule has 0 spiro atoms. The SMILES string of the molecule is CC(=O)c1cc(NCc2ccccc2S(=O)(=O)c2ccc(Cl)cc2)cc(Cl)c1O. The second-order valence-electron chi connectivity index (χ2n) is 6.33. The van der Waals surface area contributed by atoms with Gasteiger partial charge in [-0.15, -0.1) is 0 Å². The summed E-state index contributed by atoms with van der Waals surface area (Å²) in [6.45, 7) is 1.49. The lowest BCUT2D eigenvalue weighted by atomic mass is 10.1. The quantitative estimate of drug-likeness (QED) is 0.391. The smallest absolute Gasteiger partial charge is 0.206 e. The summed E-state index contributed by atoms with van der Waals surface area (Å²) < 4.78 is 26.1. The second kappa shape index (κ2) is 8.45. The largest absolute Gasteiger partial charge is 0.506 e. The number of ketones is 1. The maximum atomic E-state index is 13.0. The molecule has 0 bridgehead atoms. The van der Waals surface area contributed by atoms with Gasteiger partial charge in [-0.3, -0.25) is 4.79 Å². The summed E-state index contributed by atoms with van der Waals surface area (Å²) in [5, 5.41) is 13.4. The molecule has 0 atom stereocenters. The molecule has 5 nitrogen and oxygen atoms in total. The van der Waals surface area contributed by atoms with Crippen LogP contribution in [-0.4, -0.2) is 19.3 Å². The summed E-state index contributed by atoms with van der Waals surface area (Å²) >= 11 is 11.9. The van der Waals surface area contributed by atoms with E-state index in [9.17, 15) is 18.3 Å². The Bertz CT molecular complexity index is 1180. The monoisotopic (exact) mass is 449 g/mol. The highest BCUT2D eigenvalue weighted by Gasteiger charge is 2.21. The van der Waals surface area contributed by atoms with Crippen molar-refractivity contribution in [1.29, 1.82) is 0 Å². The molecule has 0 fully saturated rings. The molecule has 3 aromatic carbocycles. The molecule has 0 heterocycles. The van der Waals surface area contributed by atoms with E-state index in [1.807, 2.05) is 0 Å². The van der Waals surface area contributed by atoms with Crippen LogP contribution in [0, 0.1) is 0 Å². The Morgan fingerprint density at radius 3 is 2.34 bits per heavy atom. The highest BCUT2D eigenvalue weighted by molar-refractivity contribution is 7.91. The highest BCUT2D eigenvalue weighted by Crippen LogP contribution is 2.32. The van der Waals surface area contributed by atoms with Crippen molar-refractivity contribution in [2.75, 3.05) is 5.32 Å². The number of benzene rings is 3. The van der Waals surface area contributed by atoms with E-state index in [1.54, 1.807) is 18.2 Å². The van der Waals surface area contributed by atoms with E-state index in [2.05, 4.69) is 5.32 Å². The van der Waals surface area contributed by atoms with Crippen molar-refractivity contribution in [2.45, 2.75) is 23.3 Å². The van der Waals surface area contributed by atoms with Crippen LogP contribution in [0.3, 0.4) is 0 Å². The lowest BCUT2D eigenvalue weighted by Crippen LogP contribution is -2.09. The number of aromatic hydroxyl groups is 1. The molecule has 29 heavy (non-hydrogen) atoms. The van der Waals surface area contributed by atoms with Crippen LogP contribution in [0.15, 0.2) is 70.5 Å². The van der Waals surface area contributed by atoms with Crippen molar-refractivity contribution < 1.29 is 18.3 Å². The fourth-order valence-electron chi connectivity index (χ4n) is 2.82. The van der Waals surface area contributed by atoms with Gasteiger partial charge >= 0.3 is 0 Å². The summed E-state index contributed by atoms with van der Waals surface area (Å²) in [6.07, 6.45) is 0. The first kappa shape index (κ1) is 21.2. The first-order valence-corrected chi connectivity index (χ1v) is 10.8. The number of phenols is 1. The molecule has 0 saturated heterocycles. The normalized spacial score (nSPS) is 11.3. The molecular weight excluding hydrogens is 433 g/mol. The van der Waals surface area contributed by atoms with Crippen molar-refractivity contribution in [3.05, 3.63) is 81.8 Å². The predicted octanol–water partition coefficient (Wildman–Crippen LogP) is 5.35. The Morgan fingerprint density at radius 1 is 1.03 bits per heavy atom. The first-order chi connectivity index (χ1) is 13.7. The van der Waals surface area contributed by atoms with E-state index < -0.39 is 9.84 Å². The van der Waals surface area contributed by atoms with Gasteiger partial charge in [0.15, 0.2) is 5.78 Å². The van der Waals surface area contributed by atoms with Gasteiger partial charge in [0.2, 0.25) is 9.84 Å². The number of phenolic OH excluding ortho intramolecular Hbond substituents is 1. The van der Waals surface area contributed by atoms with Gasteiger partial charge in [0.1, 0.15) is 5.75 Å². The van der Waals surface area contributed by atoms with Crippen LogP contribution < -0.4 is 5.32 Å². The first-order valence-electron chi connectivity index (χ1n) is 8.56. The van der Waals surface area contributed by atoms with Gasteiger partial charge in [0.25, 0.3) is 0 Å². The molecule has 3 rings (SSSR count). The third kappa shape index (κ3) is 4.56. The number of hydrogen-bond acceptors (Lipinski definition) is 5. The standard InChI is InChI=1S/C21H17Cl2NO4S/c1-13(25)18-10-16(11-19(23)21(18)26)24-12-14-4-2-3-5-20(14)29(27,28)17-8-6-15(22)7-9-17/h2-11,24,26H,12H2,1H3. The average molecular weight is 450 g/mol. The van der Waals surface area contributed by atoms with E-state index in [0.717, 1.165) is 0 Å². The van der Waals surface area contributed by atoms with E-state index >= 15 is 0 Å². The Hall–Kier alpha value is -2.54. The maximum absolute atomic E-state index is 13.0. The fourth-order valence-corrected chi connectivity index (χ4v) is 4.66. The Balaban J connectivity index is 1.93. The molecule has 0 aliphatic heterocycles. The molecule has 2 N–H and O–H groups in total. The summed E-state index contributed by atoms with van der Waals surface area (Å²) in [6, 6.07) is 15.5. The number of sulfone groups is 1. The van der Waals surface area contributed by atoms with Gasteiger partial charge in [0, 0.05) is 17.3 Å². The van der Waals surface area contributed by atoms with Crippen molar-refractivity contribution in [2.24, 2.45) is 0 Å². The lowest BCUT2D eigenvalue weighted by molar-refractivity contribution is 0.101. The Labute approximate surface area is 178 Å². The van der Waals surface area contributed by atoms with E-state index in [1.165, 1.54) is 49.4 Å². The lowest BCUT2D eigenvalue weighted by Gasteiger charge is -2.14. The average Bonchev–Trinajstić information content (AvgIpc) is 2.69. The van der Waals surface area contributed by atoms with E-state index in [0.29, 0.717) is 16.3 Å². The number of carbonyl (C=O) groups excluding carboxylic acids is 1. The van der Waals surface area contributed by atoms with Crippen molar-refractivity contribution >= 4 is 44.5 Å². The third-order valence-corrected chi connectivity index (χ3v) is 6.72. The van der Waals surface area contributed by atoms with Crippen LogP contribution in [-0.2, 0) is 16.4 Å². The van der Waals surface area contributed by atoms with Gasteiger partial charge in [-0.05, 0) is 55.0 Å². The summed E-state index contributed by atoms with van der Waals surface area (Å²) in [4.78, 5) is 12.0. The number of hydrogen-bond donors (Lipinski definition) is 2. The molecule has 0 unspecified atom stereocenters. The third-order valence-electron chi connectivity index (χ3n) is 4.31. The number of halogens is 2. The number of carbonyl (C=O) groups is 1. The van der Waals surface area contributed by atoms with Crippen molar-refractivity contribution in [3.8, 4) is 5.75 Å². The van der Waals surface area contributed by atoms with Gasteiger partial charge < -0.3 is 10.4 Å². The topological polar surface area (TPSA) is 83.5 Å². The molecule has 0 amide bonds. The second-order valence-corrected chi connectivity index (χ2v) is 9.09. The molecule has 3 aromatic rings. The zero-order chi connectivity index (χ0) is 21.2. The predicted molar refractivity (Wildman–Crippen MR) is 114 cm³/mol. The number of Topliss-reactive ketones (excluding diaryl/α,β-unsaturated/α-hetero) is 1. The van der Waals surface area contributed by atoms with Crippen LogP contribution >= 0.6 is 23.2 Å². The van der Waals surface area contributed by atoms with Crippen LogP contribution in [0.25, 0.3) is 0 Å². The molecule has 0 saturated carbocycles.